The van der Waals surface area contributed by atoms with E-state index >= 15 is 0 Å². The lowest BCUT2D eigenvalue weighted by molar-refractivity contribution is -0.125. The Labute approximate surface area is 139 Å². The molecule has 0 N–H and O–H groups in total. The molecule has 2 fully saturated rings. The van der Waals surface area contributed by atoms with Crippen molar-refractivity contribution in [3.05, 3.63) is 28.5 Å². The minimum absolute atomic E-state index is 0.207. The minimum Gasteiger partial charge on any atom is -0.309 e. The van der Waals surface area contributed by atoms with Crippen LogP contribution in [0.3, 0.4) is 0 Å². The van der Waals surface area contributed by atoms with Crippen LogP contribution < -0.4 is 4.90 Å². The van der Waals surface area contributed by atoms with Gasteiger partial charge in [-0.25, -0.2) is 4.98 Å². The Morgan fingerprint density at radius 3 is 2.87 bits per heavy atom. The summed E-state index contributed by atoms with van der Waals surface area (Å²) in [6, 6.07) is 0. The van der Waals surface area contributed by atoms with Crippen molar-refractivity contribution in [1.29, 1.82) is 0 Å². The first-order chi connectivity index (χ1) is 11.1. The monoisotopic (exact) mass is 331 g/mol. The van der Waals surface area contributed by atoms with Crippen molar-refractivity contribution in [3.8, 4) is 0 Å². The lowest BCUT2D eigenvalue weighted by Gasteiger charge is -2.22. The van der Waals surface area contributed by atoms with E-state index in [1.807, 2.05) is 25.1 Å². The van der Waals surface area contributed by atoms with Crippen molar-refractivity contribution >= 4 is 22.9 Å². The zero-order chi connectivity index (χ0) is 16.0. The Balaban J connectivity index is 1.46. The van der Waals surface area contributed by atoms with E-state index in [-0.39, 0.29) is 11.3 Å². The molecule has 2 aliphatic heterocycles. The molecule has 1 atom stereocenters. The van der Waals surface area contributed by atoms with E-state index in [0.29, 0.717) is 0 Å². The molecule has 0 radical (unpaired) electrons. The van der Waals surface area contributed by atoms with Gasteiger partial charge in [0.05, 0.1) is 28.0 Å². The van der Waals surface area contributed by atoms with Crippen LogP contribution >= 0.6 is 11.3 Å². The summed E-state index contributed by atoms with van der Waals surface area (Å²) in [7, 11) is 1.88. The van der Waals surface area contributed by atoms with Gasteiger partial charge in [0.1, 0.15) is 0 Å². The normalized spacial score (nSPS) is 25.1. The molecule has 2 saturated heterocycles. The predicted molar refractivity (Wildman–Crippen MR) is 89.4 cm³/mol. The van der Waals surface area contributed by atoms with Crippen LogP contribution in [0.25, 0.3) is 0 Å². The topological polar surface area (TPSA) is 54.3 Å². The van der Waals surface area contributed by atoms with E-state index in [4.69, 9.17) is 0 Å². The molecule has 1 amide bonds. The summed E-state index contributed by atoms with van der Waals surface area (Å²) in [5, 5.41) is 7.42. The van der Waals surface area contributed by atoms with Gasteiger partial charge in [-0.2, -0.15) is 5.10 Å². The zero-order valence-corrected chi connectivity index (χ0v) is 14.3. The first kappa shape index (κ1) is 14.8. The molecular weight excluding hydrogens is 310 g/mol. The van der Waals surface area contributed by atoms with E-state index < -0.39 is 0 Å². The van der Waals surface area contributed by atoms with Gasteiger partial charge in [-0.15, -0.1) is 11.3 Å². The number of carbonyl (C=O) groups is 1. The highest BCUT2D eigenvalue weighted by Crippen LogP contribution is 2.42. The number of anilines is 1. The maximum atomic E-state index is 13.0. The maximum Gasteiger partial charge on any atom is 0.234 e. The first-order valence-corrected chi connectivity index (χ1v) is 8.88. The van der Waals surface area contributed by atoms with E-state index in [2.05, 4.69) is 20.4 Å². The number of aryl methyl sites for hydroxylation is 2. The third-order valence-electron chi connectivity index (χ3n) is 5.00. The van der Waals surface area contributed by atoms with E-state index in [9.17, 15) is 4.79 Å². The van der Waals surface area contributed by atoms with Crippen molar-refractivity contribution in [2.75, 3.05) is 24.5 Å². The van der Waals surface area contributed by atoms with Gasteiger partial charge in [-0.1, -0.05) is 0 Å². The van der Waals surface area contributed by atoms with E-state index in [0.717, 1.165) is 55.4 Å². The highest BCUT2D eigenvalue weighted by molar-refractivity contribution is 7.09. The second-order valence-corrected chi connectivity index (χ2v) is 7.74. The van der Waals surface area contributed by atoms with Gasteiger partial charge >= 0.3 is 0 Å². The summed E-state index contributed by atoms with van der Waals surface area (Å²) in [6.45, 7) is 5.51. The summed E-state index contributed by atoms with van der Waals surface area (Å²) >= 11 is 1.69. The Hall–Kier alpha value is -1.73. The number of carbonyl (C=O) groups excluding carboxylic acids is 1. The number of nitrogens with zero attached hydrogens (tertiary/aromatic N) is 5. The molecule has 23 heavy (non-hydrogen) atoms. The van der Waals surface area contributed by atoms with Crippen LogP contribution in [0.5, 0.6) is 0 Å². The summed E-state index contributed by atoms with van der Waals surface area (Å²) in [4.78, 5) is 21.8. The van der Waals surface area contributed by atoms with E-state index in [1.165, 1.54) is 0 Å². The Morgan fingerprint density at radius 2 is 2.17 bits per heavy atom. The van der Waals surface area contributed by atoms with Crippen molar-refractivity contribution in [2.24, 2.45) is 12.5 Å². The van der Waals surface area contributed by atoms with Crippen molar-refractivity contribution in [3.63, 3.8) is 0 Å². The smallest absolute Gasteiger partial charge is 0.234 e. The molecule has 2 aliphatic rings. The number of amides is 1. The summed E-state index contributed by atoms with van der Waals surface area (Å²) < 4.78 is 1.75. The third-order valence-corrected chi connectivity index (χ3v) is 5.82. The first-order valence-electron chi connectivity index (χ1n) is 8.00. The van der Waals surface area contributed by atoms with Gasteiger partial charge in [-0.3, -0.25) is 14.4 Å². The standard InChI is InChI=1S/C16H21N5OS/c1-12-18-13(10-23-12)8-20-5-3-16(11-20)4-6-21(15(16)22)14-7-17-19(2)9-14/h7,9-10H,3-6,8,11H2,1-2H3/t16-/m0/s1. The van der Waals surface area contributed by atoms with Gasteiger partial charge in [0, 0.05) is 38.3 Å². The van der Waals surface area contributed by atoms with Crippen molar-refractivity contribution in [1.82, 2.24) is 19.7 Å². The fourth-order valence-electron chi connectivity index (χ4n) is 3.80. The van der Waals surface area contributed by atoms with Crippen LogP contribution in [0, 0.1) is 12.3 Å². The minimum atomic E-state index is -0.207. The average Bonchev–Trinajstić information content (AvgIpc) is 3.26. The van der Waals surface area contributed by atoms with E-state index in [1.54, 1.807) is 22.2 Å². The molecule has 0 aliphatic carbocycles. The number of aromatic nitrogens is 3. The second kappa shape index (κ2) is 5.42. The van der Waals surface area contributed by atoms with Gasteiger partial charge in [-0.05, 0) is 26.3 Å². The number of hydrogen-bond acceptors (Lipinski definition) is 5. The lowest BCUT2D eigenvalue weighted by Crippen LogP contribution is -2.36. The summed E-state index contributed by atoms with van der Waals surface area (Å²) in [5.74, 6) is 0.266. The van der Waals surface area contributed by atoms with Crippen LogP contribution in [0.15, 0.2) is 17.8 Å². The molecule has 0 aromatic carbocycles. The largest absolute Gasteiger partial charge is 0.309 e. The lowest BCUT2D eigenvalue weighted by atomic mass is 9.85. The van der Waals surface area contributed by atoms with Crippen LogP contribution in [0.2, 0.25) is 0 Å². The fraction of sp³-hybridized carbons (Fsp3) is 0.562. The SMILES string of the molecule is Cc1nc(CN2CC[C@]3(CCN(c4cnn(C)c4)C3=O)C2)cs1. The third kappa shape index (κ3) is 2.57. The fourth-order valence-corrected chi connectivity index (χ4v) is 4.40. The van der Waals surface area contributed by atoms with Crippen LogP contribution in [0.4, 0.5) is 5.69 Å². The number of likely N-dealkylation sites (tertiary alicyclic amines) is 1. The van der Waals surface area contributed by atoms with Gasteiger partial charge in [0.2, 0.25) is 5.91 Å². The molecular formula is C16H21N5OS. The number of rotatable bonds is 3. The molecule has 4 rings (SSSR count). The Bertz CT molecular complexity index is 738. The summed E-state index contributed by atoms with van der Waals surface area (Å²) in [5.41, 5.74) is 1.84. The highest BCUT2D eigenvalue weighted by atomic mass is 32.1. The predicted octanol–water partition coefficient (Wildman–Crippen LogP) is 1.81. The molecule has 2 aromatic heterocycles. The quantitative estimate of drug-likeness (QED) is 0.861. The molecule has 4 heterocycles. The summed E-state index contributed by atoms with van der Waals surface area (Å²) in [6.07, 6.45) is 5.59. The molecule has 6 nitrogen and oxygen atoms in total. The number of thiazole rings is 1. The molecule has 0 saturated carbocycles. The maximum absolute atomic E-state index is 13.0. The van der Waals surface area contributed by atoms with Crippen molar-refractivity contribution < 1.29 is 4.79 Å². The average molecular weight is 331 g/mol. The van der Waals surface area contributed by atoms with Gasteiger partial charge in [0.25, 0.3) is 0 Å². The zero-order valence-electron chi connectivity index (χ0n) is 13.5. The van der Waals surface area contributed by atoms with Crippen molar-refractivity contribution in [2.45, 2.75) is 26.3 Å². The number of hydrogen-bond donors (Lipinski definition) is 0. The van der Waals surface area contributed by atoms with Gasteiger partial charge < -0.3 is 4.90 Å². The highest BCUT2D eigenvalue weighted by Gasteiger charge is 2.51. The molecule has 2 aromatic rings. The molecule has 122 valence electrons. The molecule has 0 unspecified atom stereocenters. The van der Waals surface area contributed by atoms with Crippen LogP contribution in [-0.4, -0.2) is 45.2 Å². The van der Waals surface area contributed by atoms with Crippen LogP contribution in [0.1, 0.15) is 23.5 Å². The van der Waals surface area contributed by atoms with Gasteiger partial charge in [0.15, 0.2) is 0 Å². The molecule has 0 bridgehead atoms. The Morgan fingerprint density at radius 1 is 1.35 bits per heavy atom. The molecule has 7 heteroatoms. The Kier molecular flexibility index (Phi) is 3.50. The molecule has 1 spiro atoms. The second-order valence-electron chi connectivity index (χ2n) is 6.68. The van der Waals surface area contributed by atoms with Crippen LogP contribution in [-0.2, 0) is 18.4 Å².